The highest BCUT2D eigenvalue weighted by Gasteiger charge is 2.17. The molecule has 0 bridgehead atoms. The summed E-state index contributed by atoms with van der Waals surface area (Å²) >= 11 is 2.18. The molecule has 3 nitrogen and oxygen atoms in total. The molecule has 1 saturated carbocycles. The third-order valence-electron chi connectivity index (χ3n) is 3.97. The van der Waals surface area contributed by atoms with Gasteiger partial charge in [-0.1, -0.05) is 19.8 Å². The highest BCUT2D eigenvalue weighted by Crippen LogP contribution is 2.30. The SMILES string of the molecule is CCNC(CCc1nccn1C)CSC1CCCC1. The number of aromatic nitrogens is 2. The van der Waals surface area contributed by atoms with Crippen LogP contribution in [0.3, 0.4) is 0 Å². The normalized spacial score (nSPS) is 18.0. The molecule has 1 fully saturated rings. The van der Waals surface area contributed by atoms with Crippen molar-refractivity contribution >= 4 is 11.8 Å². The predicted molar refractivity (Wildman–Crippen MR) is 83.7 cm³/mol. The standard InChI is InChI=1S/C15H27N3S/c1-3-16-13(12-19-14-6-4-5-7-14)8-9-15-17-10-11-18(15)2/h10-11,13-14,16H,3-9,12H2,1-2H3. The predicted octanol–water partition coefficient (Wildman–Crippen LogP) is 3.01. The molecule has 108 valence electrons. The zero-order valence-corrected chi connectivity index (χ0v) is 13.1. The molecule has 1 aromatic rings. The average Bonchev–Trinajstić information content (AvgIpc) is 3.04. The van der Waals surface area contributed by atoms with Crippen LogP contribution in [0.4, 0.5) is 0 Å². The summed E-state index contributed by atoms with van der Waals surface area (Å²) in [6.07, 6.45) is 11.9. The van der Waals surface area contributed by atoms with E-state index in [1.165, 1.54) is 43.7 Å². The minimum atomic E-state index is 0.632. The minimum absolute atomic E-state index is 0.632. The molecule has 1 heterocycles. The Kier molecular flexibility index (Phi) is 6.24. The summed E-state index contributed by atoms with van der Waals surface area (Å²) in [7, 11) is 2.08. The fourth-order valence-corrected chi connectivity index (χ4v) is 4.24. The molecule has 0 aliphatic heterocycles. The molecule has 2 rings (SSSR count). The van der Waals surface area contributed by atoms with Crippen LogP contribution in [0.1, 0.15) is 44.9 Å². The van der Waals surface area contributed by atoms with Gasteiger partial charge < -0.3 is 9.88 Å². The van der Waals surface area contributed by atoms with E-state index in [0.29, 0.717) is 6.04 Å². The quantitative estimate of drug-likeness (QED) is 0.794. The van der Waals surface area contributed by atoms with Gasteiger partial charge in [0, 0.05) is 42.9 Å². The fraction of sp³-hybridized carbons (Fsp3) is 0.800. The topological polar surface area (TPSA) is 29.9 Å². The Bertz CT molecular complexity index is 358. The number of hydrogen-bond donors (Lipinski definition) is 1. The summed E-state index contributed by atoms with van der Waals surface area (Å²) in [6, 6.07) is 0.632. The Morgan fingerprint density at radius 1 is 1.47 bits per heavy atom. The van der Waals surface area contributed by atoms with Crippen LogP contribution in [0.25, 0.3) is 0 Å². The van der Waals surface area contributed by atoms with Crippen molar-refractivity contribution in [3.05, 3.63) is 18.2 Å². The third-order valence-corrected chi connectivity index (χ3v) is 5.50. The molecular weight excluding hydrogens is 254 g/mol. The lowest BCUT2D eigenvalue weighted by Gasteiger charge is -2.19. The van der Waals surface area contributed by atoms with Gasteiger partial charge in [-0.3, -0.25) is 0 Å². The Morgan fingerprint density at radius 3 is 2.89 bits per heavy atom. The van der Waals surface area contributed by atoms with Crippen LogP contribution in [0.2, 0.25) is 0 Å². The van der Waals surface area contributed by atoms with Gasteiger partial charge in [0.25, 0.3) is 0 Å². The van der Waals surface area contributed by atoms with Gasteiger partial charge in [-0.2, -0.15) is 11.8 Å². The van der Waals surface area contributed by atoms with Gasteiger partial charge in [-0.05, 0) is 25.8 Å². The van der Waals surface area contributed by atoms with E-state index >= 15 is 0 Å². The first kappa shape index (κ1) is 14.9. The summed E-state index contributed by atoms with van der Waals surface area (Å²) in [5.41, 5.74) is 0. The molecule has 1 aromatic heterocycles. The van der Waals surface area contributed by atoms with Gasteiger partial charge in [0.2, 0.25) is 0 Å². The molecule has 1 aliphatic rings. The van der Waals surface area contributed by atoms with Crippen molar-refractivity contribution in [2.24, 2.45) is 7.05 Å². The van der Waals surface area contributed by atoms with E-state index in [9.17, 15) is 0 Å². The lowest BCUT2D eigenvalue weighted by atomic mass is 10.2. The fourth-order valence-electron chi connectivity index (χ4n) is 2.78. The molecule has 0 amide bonds. The van der Waals surface area contributed by atoms with Gasteiger partial charge in [0.15, 0.2) is 0 Å². The second-order valence-electron chi connectivity index (χ2n) is 5.49. The Morgan fingerprint density at radius 2 is 2.26 bits per heavy atom. The van der Waals surface area contributed by atoms with Gasteiger partial charge in [0.05, 0.1) is 0 Å². The molecule has 1 atom stereocenters. The largest absolute Gasteiger partial charge is 0.338 e. The molecule has 1 N–H and O–H groups in total. The third kappa shape index (κ3) is 4.84. The van der Waals surface area contributed by atoms with Crippen LogP contribution < -0.4 is 5.32 Å². The number of nitrogens with one attached hydrogen (secondary N) is 1. The van der Waals surface area contributed by atoms with Crippen LogP contribution >= 0.6 is 11.8 Å². The second kappa shape index (κ2) is 7.95. The first-order chi connectivity index (χ1) is 9.29. The second-order valence-corrected chi connectivity index (χ2v) is 6.82. The Labute approximate surface area is 121 Å². The number of nitrogens with zero attached hydrogens (tertiary/aromatic N) is 2. The summed E-state index contributed by atoms with van der Waals surface area (Å²) < 4.78 is 2.13. The molecule has 19 heavy (non-hydrogen) atoms. The van der Waals surface area contributed by atoms with Crippen LogP contribution in [0.5, 0.6) is 0 Å². The highest BCUT2D eigenvalue weighted by molar-refractivity contribution is 7.99. The number of rotatable bonds is 8. The van der Waals surface area contributed by atoms with Crippen LogP contribution in [0, 0.1) is 0 Å². The smallest absolute Gasteiger partial charge is 0.108 e. The van der Waals surface area contributed by atoms with E-state index in [1.807, 2.05) is 12.4 Å². The van der Waals surface area contributed by atoms with Gasteiger partial charge in [-0.25, -0.2) is 4.98 Å². The highest BCUT2D eigenvalue weighted by atomic mass is 32.2. The maximum atomic E-state index is 4.41. The van der Waals surface area contributed by atoms with Gasteiger partial charge in [-0.15, -0.1) is 0 Å². The van der Waals surface area contributed by atoms with E-state index in [0.717, 1.165) is 18.2 Å². The number of aryl methyl sites for hydroxylation is 2. The molecule has 0 aromatic carbocycles. The average molecular weight is 281 g/mol. The van der Waals surface area contributed by atoms with E-state index in [1.54, 1.807) is 0 Å². The minimum Gasteiger partial charge on any atom is -0.338 e. The van der Waals surface area contributed by atoms with Crippen molar-refractivity contribution in [3.63, 3.8) is 0 Å². The first-order valence-electron chi connectivity index (χ1n) is 7.60. The van der Waals surface area contributed by atoms with Gasteiger partial charge >= 0.3 is 0 Å². The van der Waals surface area contributed by atoms with Crippen molar-refractivity contribution in [1.82, 2.24) is 14.9 Å². The molecule has 1 aliphatic carbocycles. The summed E-state index contributed by atoms with van der Waals surface area (Å²) in [4.78, 5) is 4.41. The number of hydrogen-bond acceptors (Lipinski definition) is 3. The molecule has 0 radical (unpaired) electrons. The zero-order valence-electron chi connectivity index (χ0n) is 12.3. The van der Waals surface area contributed by atoms with E-state index in [4.69, 9.17) is 0 Å². The van der Waals surface area contributed by atoms with E-state index in [2.05, 4.69) is 40.6 Å². The molecule has 0 saturated heterocycles. The monoisotopic (exact) mass is 281 g/mol. The van der Waals surface area contributed by atoms with E-state index < -0.39 is 0 Å². The first-order valence-corrected chi connectivity index (χ1v) is 8.65. The Hall–Kier alpha value is -0.480. The molecule has 0 spiro atoms. The summed E-state index contributed by atoms with van der Waals surface area (Å²) in [5.74, 6) is 2.46. The number of thioether (sulfide) groups is 1. The summed E-state index contributed by atoms with van der Waals surface area (Å²) in [5, 5.41) is 4.56. The Balaban J connectivity index is 1.73. The molecule has 1 unspecified atom stereocenters. The van der Waals surface area contributed by atoms with Crippen LogP contribution in [-0.4, -0.2) is 33.1 Å². The van der Waals surface area contributed by atoms with Gasteiger partial charge in [0.1, 0.15) is 5.82 Å². The van der Waals surface area contributed by atoms with Crippen molar-refractivity contribution in [1.29, 1.82) is 0 Å². The van der Waals surface area contributed by atoms with Crippen molar-refractivity contribution in [3.8, 4) is 0 Å². The maximum absolute atomic E-state index is 4.41. The summed E-state index contributed by atoms with van der Waals surface area (Å²) in [6.45, 7) is 3.27. The number of imidazole rings is 1. The van der Waals surface area contributed by atoms with Crippen molar-refractivity contribution < 1.29 is 0 Å². The van der Waals surface area contributed by atoms with Crippen LogP contribution in [0.15, 0.2) is 12.4 Å². The zero-order chi connectivity index (χ0) is 13.5. The molecular formula is C15H27N3S. The lowest BCUT2D eigenvalue weighted by Crippen LogP contribution is -2.32. The van der Waals surface area contributed by atoms with Crippen molar-refractivity contribution in [2.75, 3.05) is 12.3 Å². The molecule has 4 heteroatoms. The lowest BCUT2D eigenvalue weighted by molar-refractivity contribution is 0.526. The van der Waals surface area contributed by atoms with Crippen LogP contribution in [-0.2, 0) is 13.5 Å². The van der Waals surface area contributed by atoms with Crippen molar-refractivity contribution in [2.45, 2.75) is 56.7 Å². The van der Waals surface area contributed by atoms with E-state index in [-0.39, 0.29) is 0 Å². The maximum Gasteiger partial charge on any atom is 0.108 e.